The number of carboxylic acid groups (broad SMARTS) is 1. The summed E-state index contributed by atoms with van der Waals surface area (Å²) in [6.45, 7) is 6.26. The average Bonchev–Trinajstić information content (AvgIpc) is 2.74. The summed E-state index contributed by atoms with van der Waals surface area (Å²) in [6, 6.07) is 19.5. The van der Waals surface area contributed by atoms with Crippen LogP contribution in [0.25, 0.3) is 11.3 Å². The lowest BCUT2D eigenvalue weighted by Gasteiger charge is -2.38. The Balaban J connectivity index is 0.00000103. The van der Waals surface area contributed by atoms with Crippen molar-refractivity contribution < 1.29 is 9.90 Å². The van der Waals surface area contributed by atoms with E-state index in [4.69, 9.17) is 4.98 Å². The lowest BCUT2D eigenvalue weighted by Crippen LogP contribution is -2.42. The van der Waals surface area contributed by atoms with Gasteiger partial charge in [0.05, 0.1) is 11.1 Å². The molecule has 1 aromatic heterocycles. The minimum atomic E-state index is -0.740. The molecule has 1 saturated carbocycles. The fourth-order valence-corrected chi connectivity index (χ4v) is 3.87. The molecule has 1 heterocycles. The summed E-state index contributed by atoms with van der Waals surface area (Å²) in [4.78, 5) is 21.1. The molecule has 180 valence electrons. The maximum absolute atomic E-state index is 11.8. The van der Waals surface area contributed by atoms with Crippen molar-refractivity contribution in [2.24, 2.45) is 0 Å². The Kier molecular flexibility index (Phi) is 7.89. The molecule has 1 aliphatic carbocycles. The first kappa shape index (κ1) is 25.2. The number of carbonyl (C=O) groups is 1. The highest BCUT2D eigenvalue weighted by Gasteiger charge is 2.45. The van der Waals surface area contributed by atoms with Crippen molar-refractivity contribution in [3.8, 4) is 11.3 Å². The Hall–Kier alpha value is -3.45. The number of hydrogen-bond donors (Lipinski definition) is 4. The number of nitrogens with zero attached hydrogens (tertiary/aromatic N) is 2. The quantitative estimate of drug-likeness (QED) is 0.388. The summed E-state index contributed by atoms with van der Waals surface area (Å²) in [7, 11) is 3.75. The van der Waals surface area contributed by atoms with Crippen molar-refractivity contribution in [2.45, 2.75) is 51.0 Å². The molecule has 34 heavy (non-hydrogen) atoms. The predicted octanol–water partition coefficient (Wildman–Crippen LogP) is 5.44. The molecule has 0 unspecified atom stereocenters. The van der Waals surface area contributed by atoms with E-state index in [1.165, 1.54) is 0 Å². The summed E-state index contributed by atoms with van der Waals surface area (Å²) < 4.78 is 0. The summed E-state index contributed by atoms with van der Waals surface area (Å²) in [6.07, 6.45) is 2.34. The van der Waals surface area contributed by atoms with Gasteiger partial charge in [0.15, 0.2) is 0 Å². The Labute approximate surface area is 202 Å². The molecule has 0 bridgehead atoms. The fourth-order valence-electron chi connectivity index (χ4n) is 3.87. The van der Waals surface area contributed by atoms with E-state index >= 15 is 0 Å². The zero-order chi connectivity index (χ0) is 24.8. The highest BCUT2D eigenvalue weighted by Crippen LogP contribution is 2.44. The molecule has 0 aliphatic heterocycles. The number of rotatable bonds is 6. The van der Waals surface area contributed by atoms with E-state index in [9.17, 15) is 9.90 Å². The molecule has 1 aliphatic rings. The van der Waals surface area contributed by atoms with E-state index in [-0.39, 0.29) is 5.54 Å². The molecule has 0 radical (unpaired) electrons. The van der Waals surface area contributed by atoms with Gasteiger partial charge in [0, 0.05) is 22.9 Å². The molecule has 0 atom stereocenters. The molecule has 0 amide bonds. The number of carboxylic acids is 1. The number of anilines is 3. The third-order valence-corrected chi connectivity index (χ3v) is 5.61. The Morgan fingerprint density at radius 1 is 0.971 bits per heavy atom. The van der Waals surface area contributed by atoms with Gasteiger partial charge in [-0.05, 0) is 65.4 Å². The molecule has 4 rings (SSSR count). The number of nitrogens with one attached hydrogen (secondary N) is 3. The van der Waals surface area contributed by atoms with Crippen LogP contribution in [0.3, 0.4) is 0 Å². The third-order valence-electron chi connectivity index (χ3n) is 5.61. The summed E-state index contributed by atoms with van der Waals surface area (Å²) in [5, 5.41) is 19.1. The number of aromatic nitrogens is 2. The van der Waals surface area contributed by atoms with Gasteiger partial charge in [-0.15, -0.1) is 0 Å². The number of aliphatic carboxylic acids is 1. The second kappa shape index (κ2) is 10.7. The van der Waals surface area contributed by atoms with Crippen molar-refractivity contribution >= 4 is 23.4 Å². The van der Waals surface area contributed by atoms with Gasteiger partial charge in [0.1, 0.15) is 5.82 Å². The summed E-state index contributed by atoms with van der Waals surface area (Å²) in [5.41, 5.74) is 2.62. The first-order valence-electron chi connectivity index (χ1n) is 11.6. The monoisotopic (exact) mass is 461 g/mol. The van der Waals surface area contributed by atoms with Crippen LogP contribution in [0.15, 0.2) is 60.7 Å². The predicted molar refractivity (Wildman–Crippen MR) is 139 cm³/mol. The van der Waals surface area contributed by atoms with Gasteiger partial charge in [-0.25, -0.2) is 4.98 Å². The fraction of sp³-hybridized carbons (Fsp3) is 0.370. The standard InChI is InChI=1S/C25H28N4O2.C2H7N/c1-24(2,3)29-21-16-20(17-8-5-4-6-9-17)27-23(28-21)26-19-12-10-18(11-13-19)25(22(30)31)14-7-15-25;1-3-2/h4-6,8-13,16H,7,14-15H2,1-3H3,(H,30,31)(H2,26,27,28,29);3H,1-2H3. The van der Waals surface area contributed by atoms with Gasteiger partial charge in [-0.2, -0.15) is 4.98 Å². The third kappa shape index (κ3) is 6.11. The van der Waals surface area contributed by atoms with Gasteiger partial charge >= 0.3 is 5.97 Å². The van der Waals surface area contributed by atoms with E-state index in [1.807, 2.05) is 74.8 Å². The van der Waals surface area contributed by atoms with Gasteiger partial charge in [0.25, 0.3) is 0 Å². The van der Waals surface area contributed by atoms with E-state index in [0.717, 1.165) is 34.7 Å². The molecule has 7 nitrogen and oxygen atoms in total. The van der Waals surface area contributed by atoms with Crippen LogP contribution in [-0.2, 0) is 10.2 Å². The number of benzene rings is 2. The second-order valence-electron chi connectivity index (χ2n) is 9.65. The Bertz CT molecular complexity index is 1090. The van der Waals surface area contributed by atoms with Crippen LogP contribution in [0.4, 0.5) is 17.5 Å². The van der Waals surface area contributed by atoms with Crippen molar-refractivity contribution in [1.82, 2.24) is 15.3 Å². The van der Waals surface area contributed by atoms with Crippen LogP contribution in [0.5, 0.6) is 0 Å². The van der Waals surface area contributed by atoms with Crippen LogP contribution in [0, 0.1) is 0 Å². The van der Waals surface area contributed by atoms with E-state index in [1.54, 1.807) is 0 Å². The minimum Gasteiger partial charge on any atom is -0.481 e. The minimum absolute atomic E-state index is 0.144. The average molecular weight is 462 g/mol. The smallest absolute Gasteiger partial charge is 0.314 e. The zero-order valence-electron chi connectivity index (χ0n) is 20.6. The van der Waals surface area contributed by atoms with Crippen LogP contribution in [0.2, 0.25) is 0 Å². The second-order valence-corrected chi connectivity index (χ2v) is 9.65. The highest BCUT2D eigenvalue weighted by atomic mass is 16.4. The van der Waals surface area contributed by atoms with Gasteiger partial charge in [0.2, 0.25) is 5.95 Å². The summed E-state index contributed by atoms with van der Waals surface area (Å²) in [5.74, 6) is 0.480. The molecule has 3 aromatic rings. The normalized spacial score (nSPS) is 14.3. The lowest BCUT2D eigenvalue weighted by atomic mass is 9.64. The van der Waals surface area contributed by atoms with Gasteiger partial charge < -0.3 is 21.1 Å². The maximum Gasteiger partial charge on any atom is 0.314 e. The van der Waals surface area contributed by atoms with Crippen LogP contribution < -0.4 is 16.0 Å². The SMILES string of the molecule is CC(C)(C)Nc1cc(-c2ccccc2)nc(Nc2ccc(C3(C(=O)O)CCC3)cc2)n1.CNC. The molecular formula is C27H35N5O2. The maximum atomic E-state index is 11.8. The van der Waals surface area contributed by atoms with Crippen LogP contribution >= 0.6 is 0 Å². The molecule has 4 N–H and O–H groups in total. The van der Waals surface area contributed by atoms with Crippen molar-refractivity contribution in [2.75, 3.05) is 24.7 Å². The number of hydrogen-bond acceptors (Lipinski definition) is 6. The zero-order valence-corrected chi connectivity index (χ0v) is 20.6. The molecule has 7 heteroatoms. The first-order valence-corrected chi connectivity index (χ1v) is 11.6. The largest absolute Gasteiger partial charge is 0.481 e. The van der Waals surface area contributed by atoms with Gasteiger partial charge in [-0.1, -0.05) is 48.9 Å². The van der Waals surface area contributed by atoms with Crippen LogP contribution in [0.1, 0.15) is 45.6 Å². The van der Waals surface area contributed by atoms with Crippen molar-refractivity contribution in [3.05, 3.63) is 66.2 Å². The molecule has 1 fully saturated rings. The van der Waals surface area contributed by atoms with Crippen molar-refractivity contribution in [1.29, 1.82) is 0 Å². The van der Waals surface area contributed by atoms with E-state index in [2.05, 4.69) is 41.7 Å². The Morgan fingerprint density at radius 3 is 2.09 bits per heavy atom. The van der Waals surface area contributed by atoms with Crippen LogP contribution in [-0.4, -0.2) is 40.7 Å². The molecule has 0 saturated heterocycles. The van der Waals surface area contributed by atoms with E-state index < -0.39 is 11.4 Å². The molecular weight excluding hydrogens is 426 g/mol. The van der Waals surface area contributed by atoms with Crippen molar-refractivity contribution in [3.63, 3.8) is 0 Å². The Morgan fingerprint density at radius 2 is 1.59 bits per heavy atom. The van der Waals surface area contributed by atoms with Gasteiger partial charge in [-0.3, -0.25) is 4.79 Å². The lowest BCUT2D eigenvalue weighted by molar-refractivity contribution is -0.147. The summed E-state index contributed by atoms with van der Waals surface area (Å²) >= 11 is 0. The molecule has 0 spiro atoms. The highest BCUT2D eigenvalue weighted by molar-refractivity contribution is 5.82. The first-order chi connectivity index (χ1) is 16.2. The van der Waals surface area contributed by atoms with E-state index in [0.29, 0.717) is 18.8 Å². The molecule has 2 aromatic carbocycles. The topological polar surface area (TPSA) is 99.2 Å².